The Bertz CT molecular complexity index is 457. The van der Waals surface area contributed by atoms with Crippen molar-refractivity contribution >= 4 is 11.7 Å². The van der Waals surface area contributed by atoms with Crippen molar-refractivity contribution in [3.63, 3.8) is 0 Å². The van der Waals surface area contributed by atoms with Crippen molar-refractivity contribution in [1.82, 2.24) is 0 Å². The van der Waals surface area contributed by atoms with E-state index in [-0.39, 0.29) is 6.42 Å². The van der Waals surface area contributed by atoms with Crippen LogP contribution in [0.15, 0.2) is 24.3 Å². The van der Waals surface area contributed by atoms with Gasteiger partial charge in [0.2, 0.25) is 0 Å². The number of hydrogen-bond acceptors (Lipinski definition) is 5. The van der Waals surface area contributed by atoms with Crippen molar-refractivity contribution in [1.29, 1.82) is 0 Å². The molecule has 0 bridgehead atoms. The maximum Gasteiger partial charge on any atom is 0.308 e. The van der Waals surface area contributed by atoms with Crippen LogP contribution in [0.4, 0.5) is 5.69 Å². The van der Waals surface area contributed by atoms with E-state index >= 15 is 0 Å². The number of aliphatic hydroxyl groups is 2. The quantitative estimate of drug-likeness (QED) is 0.794. The molecule has 0 spiro atoms. The summed E-state index contributed by atoms with van der Waals surface area (Å²) in [5.74, 6) is -0.535. The molecule has 20 heavy (non-hydrogen) atoms. The molecule has 2 N–H and O–H groups in total. The first-order chi connectivity index (χ1) is 9.61. The molecular formula is C15H21NO4. The molecule has 1 aliphatic heterocycles. The van der Waals surface area contributed by atoms with Gasteiger partial charge in [-0.2, -0.15) is 0 Å². The van der Waals surface area contributed by atoms with E-state index in [0.717, 1.165) is 18.8 Å². The molecule has 2 atom stereocenters. The van der Waals surface area contributed by atoms with Crippen molar-refractivity contribution < 1.29 is 19.7 Å². The molecule has 5 nitrogen and oxygen atoms in total. The van der Waals surface area contributed by atoms with Crippen molar-refractivity contribution in [2.45, 2.75) is 31.5 Å². The maximum absolute atomic E-state index is 11.1. The molecular weight excluding hydrogens is 258 g/mol. The Kier molecular flexibility index (Phi) is 4.98. The Hall–Kier alpha value is -1.59. The summed E-state index contributed by atoms with van der Waals surface area (Å²) in [4.78, 5) is 13.4. The molecule has 2 unspecified atom stereocenters. The molecule has 1 aromatic carbocycles. The first-order valence-corrected chi connectivity index (χ1v) is 6.89. The Labute approximate surface area is 118 Å². The highest BCUT2D eigenvalue weighted by atomic mass is 16.5. The number of anilines is 1. The predicted molar refractivity (Wildman–Crippen MR) is 75.5 cm³/mol. The van der Waals surface area contributed by atoms with E-state index in [4.69, 9.17) is 0 Å². The van der Waals surface area contributed by atoms with Crippen molar-refractivity contribution in [2.75, 3.05) is 25.1 Å². The lowest BCUT2D eigenvalue weighted by Crippen LogP contribution is -2.23. The van der Waals surface area contributed by atoms with Gasteiger partial charge in [-0.1, -0.05) is 12.1 Å². The van der Waals surface area contributed by atoms with Crippen LogP contribution in [0.2, 0.25) is 0 Å². The number of carbonyl (C=O) groups is 1. The second kappa shape index (κ2) is 6.72. The summed E-state index contributed by atoms with van der Waals surface area (Å²) in [6.45, 7) is 2.04. The molecule has 0 amide bonds. The zero-order chi connectivity index (χ0) is 14.5. The Morgan fingerprint density at radius 3 is 2.70 bits per heavy atom. The highest BCUT2D eigenvalue weighted by molar-refractivity contribution is 5.69. The van der Waals surface area contributed by atoms with Crippen LogP contribution in [0.25, 0.3) is 0 Å². The van der Waals surface area contributed by atoms with Gasteiger partial charge in [-0.15, -0.1) is 0 Å². The van der Waals surface area contributed by atoms with Crippen LogP contribution < -0.4 is 4.90 Å². The third-order valence-electron chi connectivity index (χ3n) is 3.65. The normalized spacial score (nSPS) is 17.9. The number of aliphatic hydroxyl groups excluding tert-OH is 2. The molecule has 2 rings (SSSR count). The summed E-state index contributed by atoms with van der Waals surface area (Å²) in [5.41, 5.74) is 1.66. The summed E-state index contributed by atoms with van der Waals surface area (Å²) < 4.78 is 4.49. The van der Waals surface area contributed by atoms with E-state index in [1.165, 1.54) is 20.0 Å². The van der Waals surface area contributed by atoms with Crippen LogP contribution in [0.3, 0.4) is 0 Å². The average Bonchev–Trinajstić information content (AvgIpc) is 3.00. The minimum Gasteiger partial charge on any atom is -0.469 e. The Morgan fingerprint density at radius 2 is 2.05 bits per heavy atom. The summed E-state index contributed by atoms with van der Waals surface area (Å²) in [6, 6.07) is 7.48. The third kappa shape index (κ3) is 3.49. The Balaban J connectivity index is 2.07. The number of esters is 1. The van der Waals surface area contributed by atoms with Gasteiger partial charge in [-0.25, -0.2) is 0 Å². The van der Waals surface area contributed by atoms with E-state index in [2.05, 4.69) is 9.64 Å². The lowest BCUT2D eigenvalue weighted by atomic mass is 10.0. The first kappa shape index (κ1) is 14.8. The van der Waals surface area contributed by atoms with Gasteiger partial charge in [0.25, 0.3) is 0 Å². The molecule has 1 saturated heterocycles. The van der Waals surface area contributed by atoms with Crippen LogP contribution in [0.5, 0.6) is 0 Å². The number of carbonyl (C=O) groups excluding carboxylic acids is 1. The maximum atomic E-state index is 11.1. The summed E-state index contributed by atoms with van der Waals surface area (Å²) in [6.07, 6.45) is -0.103. The monoisotopic (exact) mass is 279 g/mol. The number of ether oxygens (including phenoxy) is 1. The topological polar surface area (TPSA) is 70.0 Å². The zero-order valence-electron chi connectivity index (χ0n) is 11.7. The van der Waals surface area contributed by atoms with Crippen LogP contribution in [-0.4, -0.2) is 42.5 Å². The second-order valence-electron chi connectivity index (χ2n) is 5.08. The van der Waals surface area contributed by atoms with Crippen molar-refractivity contribution in [3.8, 4) is 0 Å². The number of benzene rings is 1. The molecule has 1 heterocycles. The fraction of sp³-hybridized carbons (Fsp3) is 0.533. The standard InChI is InChI=1S/C15H21NO4/c1-20-14(18)10-13(17)15(19)11-5-4-6-12(9-11)16-7-2-3-8-16/h4-6,9,13,15,17,19H,2-3,7-8,10H2,1H3. The largest absolute Gasteiger partial charge is 0.469 e. The van der Waals surface area contributed by atoms with E-state index < -0.39 is 18.2 Å². The summed E-state index contributed by atoms with van der Waals surface area (Å²) in [5, 5.41) is 20.0. The first-order valence-electron chi connectivity index (χ1n) is 6.89. The van der Waals surface area contributed by atoms with Gasteiger partial charge in [0.1, 0.15) is 6.10 Å². The zero-order valence-corrected chi connectivity index (χ0v) is 11.7. The highest BCUT2D eigenvalue weighted by Crippen LogP contribution is 2.26. The third-order valence-corrected chi connectivity index (χ3v) is 3.65. The lowest BCUT2D eigenvalue weighted by Gasteiger charge is -2.21. The van der Waals surface area contributed by atoms with Crippen LogP contribution in [0, 0.1) is 0 Å². The molecule has 1 fully saturated rings. The SMILES string of the molecule is COC(=O)CC(O)C(O)c1cccc(N2CCCC2)c1. The fourth-order valence-electron chi connectivity index (χ4n) is 2.47. The number of hydrogen-bond donors (Lipinski definition) is 2. The number of rotatable bonds is 5. The minimum absolute atomic E-state index is 0.217. The van der Waals surface area contributed by atoms with Crippen LogP contribution >= 0.6 is 0 Å². The molecule has 0 radical (unpaired) electrons. The van der Waals surface area contributed by atoms with E-state index in [0.29, 0.717) is 5.56 Å². The van der Waals surface area contributed by atoms with Crippen LogP contribution in [-0.2, 0) is 9.53 Å². The summed E-state index contributed by atoms with van der Waals surface area (Å²) >= 11 is 0. The van der Waals surface area contributed by atoms with Gasteiger partial charge >= 0.3 is 5.97 Å². The average molecular weight is 279 g/mol. The van der Waals surface area contributed by atoms with Crippen LogP contribution in [0.1, 0.15) is 30.9 Å². The highest BCUT2D eigenvalue weighted by Gasteiger charge is 2.22. The predicted octanol–water partition coefficient (Wildman–Crippen LogP) is 1.24. The van der Waals surface area contributed by atoms with Gasteiger partial charge in [0, 0.05) is 18.8 Å². The van der Waals surface area contributed by atoms with Crippen molar-refractivity contribution in [2.24, 2.45) is 0 Å². The molecule has 1 aliphatic rings. The smallest absolute Gasteiger partial charge is 0.308 e. The van der Waals surface area contributed by atoms with E-state index in [1.54, 1.807) is 6.07 Å². The van der Waals surface area contributed by atoms with Gasteiger partial charge in [-0.3, -0.25) is 4.79 Å². The molecule has 0 aliphatic carbocycles. The lowest BCUT2D eigenvalue weighted by molar-refractivity contribution is -0.144. The molecule has 1 aromatic rings. The second-order valence-corrected chi connectivity index (χ2v) is 5.08. The van der Waals surface area contributed by atoms with Gasteiger partial charge in [-0.05, 0) is 30.5 Å². The van der Waals surface area contributed by atoms with Gasteiger partial charge in [0.05, 0.1) is 19.6 Å². The molecule has 0 aromatic heterocycles. The minimum atomic E-state index is -1.16. The number of methoxy groups -OCH3 is 1. The van der Waals surface area contributed by atoms with Gasteiger partial charge in [0.15, 0.2) is 0 Å². The summed E-state index contributed by atoms with van der Waals surface area (Å²) in [7, 11) is 1.26. The Morgan fingerprint density at radius 1 is 1.35 bits per heavy atom. The van der Waals surface area contributed by atoms with E-state index in [9.17, 15) is 15.0 Å². The molecule has 5 heteroatoms. The van der Waals surface area contributed by atoms with Crippen molar-refractivity contribution in [3.05, 3.63) is 29.8 Å². The molecule has 0 saturated carbocycles. The van der Waals surface area contributed by atoms with Gasteiger partial charge < -0.3 is 19.8 Å². The van der Waals surface area contributed by atoms with E-state index in [1.807, 2.05) is 18.2 Å². The fourth-order valence-corrected chi connectivity index (χ4v) is 2.47. The number of nitrogens with zero attached hydrogens (tertiary/aromatic N) is 1. The molecule has 110 valence electrons.